The number of hydrogen-bond donors (Lipinski definition) is 4. The third-order valence-electron chi connectivity index (χ3n) is 12.4. The Labute approximate surface area is 340 Å². The maximum atomic E-state index is 13.8. The van der Waals surface area contributed by atoms with Gasteiger partial charge < -0.3 is 49.3 Å². The Morgan fingerprint density at radius 3 is 1.66 bits per heavy atom. The Kier molecular flexibility index (Phi) is 14.5. The molecule has 0 radical (unpaired) electrons. The van der Waals surface area contributed by atoms with E-state index in [-0.39, 0.29) is 23.9 Å². The van der Waals surface area contributed by atoms with Gasteiger partial charge in [-0.3, -0.25) is 9.59 Å². The van der Waals surface area contributed by atoms with E-state index in [9.17, 15) is 19.2 Å². The number of imidazole rings is 2. The molecule has 4 N–H and O–H groups in total. The number of H-pyrrole nitrogens is 2. The summed E-state index contributed by atoms with van der Waals surface area (Å²) in [5.41, 5.74) is 4.32. The molecule has 0 unspecified atom stereocenters. The quantitative estimate of drug-likeness (QED) is 0.145. The van der Waals surface area contributed by atoms with E-state index >= 15 is 0 Å². The number of aromatic amines is 2. The standard InChI is InChI=1S/C42H60N8O8/c1-7-33(55-3)35(47-41(53)57-5)39(51)49-21-9-11-31(49)37-43-23-29(45-37)27-17-13-25(14-18-27)26-15-19-28(20-16-26)30-24-44-38(46-30)32-12-10-22-50(32)40(52)36(34(8-2)56-4)48-42(54)58-6/h13-14,17-18,23-24,26,28,31-36H,7-12,15-16,19-22H2,1-6H3,(H,43,45)(H,44,46)(H,47,53)(H,48,54)/t26?,28?,31-,32-,33+,34+,35-,36-/m0/s1. The van der Waals surface area contributed by atoms with E-state index in [0.717, 1.165) is 80.0 Å². The second kappa shape index (κ2) is 19.7. The zero-order chi connectivity index (χ0) is 41.3. The molecule has 0 bridgehead atoms. The van der Waals surface area contributed by atoms with E-state index in [2.05, 4.69) is 44.9 Å². The van der Waals surface area contributed by atoms with Crippen molar-refractivity contribution in [1.29, 1.82) is 0 Å². The SMILES string of the molecule is CC[C@@H](OC)[C@H](NC(=O)OC)C(=O)N1CCC[C@H]1c1ncc(-c2ccc(C3CCC(c4cnc([C@@H]5CCCN5C(=O)[C@@H](NC(=O)OC)[C@@H](CC)OC)[nH]4)CC3)cc2)[nH]1. The summed E-state index contributed by atoms with van der Waals surface area (Å²) in [5.74, 6) is 1.89. The summed E-state index contributed by atoms with van der Waals surface area (Å²) in [5, 5.41) is 5.38. The fourth-order valence-corrected chi connectivity index (χ4v) is 9.12. The zero-order valence-corrected chi connectivity index (χ0v) is 34.6. The molecule has 6 atom stereocenters. The molecule has 3 aromatic rings. The molecule has 3 aliphatic rings. The highest BCUT2D eigenvalue weighted by Crippen LogP contribution is 2.41. The van der Waals surface area contributed by atoms with Gasteiger partial charge in [-0.15, -0.1) is 0 Å². The second-order valence-corrected chi connectivity index (χ2v) is 15.5. The van der Waals surface area contributed by atoms with E-state index in [1.165, 1.54) is 26.9 Å². The first-order valence-corrected chi connectivity index (χ1v) is 20.7. The molecule has 2 aromatic heterocycles. The van der Waals surface area contributed by atoms with Gasteiger partial charge in [0.1, 0.15) is 23.7 Å². The van der Waals surface area contributed by atoms with Gasteiger partial charge in [0.15, 0.2) is 0 Å². The lowest BCUT2D eigenvalue weighted by Gasteiger charge is -2.31. The molecule has 16 nitrogen and oxygen atoms in total. The number of likely N-dealkylation sites (tertiary alicyclic amines) is 2. The third-order valence-corrected chi connectivity index (χ3v) is 12.4. The summed E-state index contributed by atoms with van der Waals surface area (Å²) in [7, 11) is 5.64. The lowest BCUT2D eigenvalue weighted by atomic mass is 9.77. The van der Waals surface area contributed by atoms with Crippen LogP contribution in [0.3, 0.4) is 0 Å². The molecular formula is C42H60N8O8. The monoisotopic (exact) mass is 804 g/mol. The average Bonchev–Trinajstić information content (AvgIpc) is 4.10. The molecule has 6 rings (SSSR count). The average molecular weight is 805 g/mol. The molecule has 4 amide bonds. The topological polar surface area (TPSA) is 193 Å². The van der Waals surface area contributed by atoms with Crippen LogP contribution < -0.4 is 10.6 Å². The highest BCUT2D eigenvalue weighted by Gasteiger charge is 2.41. The molecule has 1 aliphatic carbocycles. The van der Waals surface area contributed by atoms with E-state index in [4.69, 9.17) is 28.9 Å². The Hall–Kier alpha value is -4.96. The van der Waals surface area contributed by atoms with Crippen molar-refractivity contribution in [2.24, 2.45) is 0 Å². The molecule has 316 valence electrons. The largest absolute Gasteiger partial charge is 0.453 e. The van der Waals surface area contributed by atoms with Crippen molar-refractivity contribution in [2.45, 2.75) is 126 Å². The van der Waals surface area contributed by atoms with Gasteiger partial charge in [-0.2, -0.15) is 0 Å². The highest BCUT2D eigenvalue weighted by molar-refractivity contribution is 5.87. The molecule has 1 saturated carbocycles. The minimum Gasteiger partial charge on any atom is -0.453 e. The Bertz CT molecular complexity index is 1830. The predicted molar refractivity (Wildman–Crippen MR) is 215 cm³/mol. The van der Waals surface area contributed by atoms with Crippen LogP contribution in [0.2, 0.25) is 0 Å². The minimum atomic E-state index is -0.870. The van der Waals surface area contributed by atoms with E-state index in [1.807, 2.05) is 31.1 Å². The lowest BCUT2D eigenvalue weighted by Crippen LogP contribution is -2.54. The van der Waals surface area contributed by atoms with Gasteiger partial charge >= 0.3 is 12.2 Å². The van der Waals surface area contributed by atoms with Crippen LogP contribution in [-0.4, -0.2) is 120 Å². The maximum Gasteiger partial charge on any atom is 0.407 e. The number of aromatic nitrogens is 4. The van der Waals surface area contributed by atoms with Crippen LogP contribution >= 0.6 is 0 Å². The van der Waals surface area contributed by atoms with Crippen LogP contribution in [0.4, 0.5) is 9.59 Å². The Morgan fingerprint density at radius 2 is 1.17 bits per heavy atom. The molecule has 0 spiro atoms. The number of methoxy groups -OCH3 is 4. The number of rotatable bonds is 15. The Morgan fingerprint density at radius 1 is 0.690 bits per heavy atom. The molecule has 3 fully saturated rings. The predicted octanol–water partition coefficient (Wildman–Crippen LogP) is 5.87. The molecule has 2 saturated heterocycles. The molecule has 1 aromatic carbocycles. The molecule has 16 heteroatoms. The minimum absolute atomic E-state index is 0.195. The van der Waals surface area contributed by atoms with Crippen LogP contribution in [-0.2, 0) is 28.5 Å². The van der Waals surface area contributed by atoms with Gasteiger partial charge in [0, 0.05) is 45.1 Å². The number of nitrogens with one attached hydrogen (secondary N) is 4. The van der Waals surface area contributed by atoms with Crippen molar-refractivity contribution < 1.29 is 38.1 Å². The summed E-state index contributed by atoms with van der Waals surface area (Å²) in [6, 6.07) is 6.52. The van der Waals surface area contributed by atoms with Crippen molar-refractivity contribution in [3.05, 3.63) is 59.6 Å². The summed E-state index contributed by atoms with van der Waals surface area (Å²) in [6.07, 6.45) is 9.92. The van der Waals surface area contributed by atoms with Gasteiger partial charge in [-0.1, -0.05) is 38.1 Å². The van der Waals surface area contributed by atoms with Crippen LogP contribution in [0.1, 0.15) is 125 Å². The number of alkyl carbamates (subject to hydrolysis) is 2. The number of carbonyl (C=O) groups excluding carboxylic acids is 4. The number of hydrogen-bond acceptors (Lipinski definition) is 10. The van der Waals surface area contributed by atoms with Crippen molar-refractivity contribution >= 4 is 24.0 Å². The van der Waals surface area contributed by atoms with Crippen molar-refractivity contribution in [1.82, 2.24) is 40.4 Å². The lowest BCUT2D eigenvalue weighted by molar-refractivity contribution is -0.138. The Balaban J connectivity index is 1.05. The van der Waals surface area contributed by atoms with Gasteiger partial charge in [0.05, 0.1) is 50.4 Å². The highest BCUT2D eigenvalue weighted by atomic mass is 16.5. The number of amides is 4. The van der Waals surface area contributed by atoms with Crippen LogP contribution in [0.25, 0.3) is 11.3 Å². The summed E-state index contributed by atoms with van der Waals surface area (Å²) < 4.78 is 20.7. The number of carbonyl (C=O) groups is 4. The van der Waals surface area contributed by atoms with Crippen molar-refractivity contribution in [3.63, 3.8) is 0 Å². The van der Waals surface area contributed by atoms with Crippen LogP contribution in [0, 0.1) is 0 Å². The van der Waals surface area contributed by atoms with E-state index in [0.29, 0.717) is 37.8 Å². The van der Waals surface area contributed by atoms with Gasteiger partial charge in [-0.25, -0.2) is 19.6 Å². The summed E-state index contributed by atoms with van der Waals surface area (Å²) in [4.78, 5) is 72.0. The van der Waals surface area contributed by atoms with Gasteiger partial charge in [-0.05, 0) is 81.3 Å². The van der Waals surface area contributed by atoms with Gasteiger partial charge in [0.2, 0.25) is 11.8 Å². The number of ether oxygens (including phenoxy) is 4. The van der Waals surface area contributed by atoms with Crippen LogP contribution in [0.5, 0.6) is 0 Å². The zero-order valence-electron chi connectivity index (χ0n) is 34.6. The fraction of sp³-hybridized carbons (Fsp3) is 0.619. The van der Waals surface area contributed by atoms with Gasteiger partial charge in [0.25, 0.3) is 0 Å². The fourth-order valence-electron chi connectivity index (χ4n) is 9.12. The van der Waals surface area contributed by atoms with Crippen LogP contribution in [0.15, 0.2) is 36.7 Å². The molecule has 58 heavy (non-hydrogen) atoms. The molecule has 2 aliphatic heterocycles. The van der Waals surface area contributed by atoms with E-state index < -0.39 is 36.5 Å². The summed E-state index contributed by atoms with van der Waals surface area (Å²) >= 11 is 0. The normalized spacial score (nSPS) is 22.9. The van der Waals surface area contributed by atoms with Crippen molar-refractivity contribution in [2.75, 3.05) is 41.5 Å². The third kappa shape index (κ3) is 9.33. The van der Waals surface area contributed by atoms with E-state index in [1.54, 1.807) is 12.0 Å². The smallest absolute Gasteiger partial charge is 0.407 e. The number of benzene rings is 1. The first kappa shape index (κ1) is 42.6. The first-order valence-electron chi connectivity index (χ1n) is 20.7. The second-order valence-electron chi connectivity index (χ2n) is 15.5. The summed E-state index contributed by atoms with van der Waals surface area (Å²) in [6.45, 7) is 4.97. The van der Waals surface area contributed by atoms with Crippen molar-refractivity contribution in [3.8, 4) is 11.3 Å². The number of nitrogens with zero attached hydrogens (tertiary/aromatic N) is 4. The molecule has 4 heterocycles. The molecular weight excluding hydrogens is 745 g/mol. The first-order chi connectivity index (χ1) is 28.1. The maximum absolute atomic E-state index is 13.8.